The minimum absolute atomic E-state index is 0.262. The smallest absolute Gasteiger partial charge is 0.275 e. The van der Waals surface area contributed by atoms with Crippen LogP contribution in [0.4, 0.5) is 5.69 Å². The van der Waals surface area contributed by atoms with Crippen molar-refractivity contribution >= 4 is 22.9 Å². The van der Waals surface area contributed by atoms with Crippen molar-refractivity contribution in [2.45, 2.75) is 6.92 Å². The highest BCUT2D eigenvalue weighted by atomic mass is 32.1. The maximum absolute atomic E-state index is 12.0. The zero-order valence-corrected chi connectivity index (χ0v) is 11.4. The van der Waals surface area contributed by atoms with E-state index in [0.717, 1.165) is 16.3 Å². The van der Waals surface area contributed by atoms with Gasteiger partial charge in [0.2, 0.25) is 0 Å². The lowest BCUT2D eigenvalue weighted by Gasteiger charge is -2.00. The zero-order valence-electron chi connectivity index (χ0n) is 10.6. The fourth-order valence-electron chi connectivity index (χ4n) is 1.71. The molecule has 0 fully saturated rings. The molecule has 0 radical (unpaired) electrons. The van der Waals surface area contributed by atoms with E-state index in [2.05, 4.69) is 25.5 Å². The van der Waals surface area contributed by atoms with Crippen LogP contribution in [0.2, 0.25) is 0 Å². The van der Waals surface area contributed by atoms with Crippen molar-refractivity contribution < 1.29 is 4.79 Å². The van der Waals surface area contributed by atoms with Gasteiger partial charge < -0.3 is 5.32 Å². The third-order valence-corrected chi connectivity index (χ3v) is 3.55. The second-order valence-corrected chi connectivity index (χ2v) is 5.01. The molecule has 3 aromatic rings. The van der Waals surface area contributed by atoms with Crippen molar-refractivity contribution in [1.82, 2.24) is 20.2 Å². The van der Waals surface area contributed by atoms with Crippen LogP contribution in [-0.4, -0.2) is 26.1 Å². The normalized spacial score (nSPS) is 10.4. The van der Waals surface area contributed by atoms with Gasteiger partial charge in [-0.25, -0.2) is 4.98 Å². The van der Waals surface area contributed by atoms with E-state index in [9.17, 15) is 4.79 Å². The third kappa shape index (κ3) is 2.43. The number of carbonyl (C=O) groups excluding carboxylic acids is 1. The fraction of sp³-hybridized carbons (Fsp3) is 0.0769. The van der Waals surface area contributed by atoms with Gasteiger partial charge in [0.15, 0.2) is 0 Å². The predicted molar refractivity (Wildman–Crippen MR) is 76.6 cm³/mol. The van der Waals surface area contributed by atoms with E-state index in [0.29, 0.717) is 11.4 Å². The van der Waals surface area contributed by atoms with Crippen LogP contribution in [0.15, 0.2) is 36.1 Å². The van der Waals surface area contributed by atoms with Gasteiger partial charge in [0, 0.05) is 17.8 Å². The maximum atomic E-state index is 12.0. The SMILES string of the molecule is Cc1cccnc1-c1nc(C(=O)Nc2cn[nH]c2)cs1. The highest BCUT2D eigenvalue weighted by molar-refractivity contribution is 7.13. The van der Waals surface area contributed by atoms with Crippen molar-refractivity contribution in [3.8, 4) is 10.7 Å². The number of amides is 1. The third-order valence-electron chi connectivity index (χ3n) is 2.70. The second kappa shape index (κ2) is 5.22. The molecule has 100 valence electrons. The Morgan fingerprint density at radius 2 is 2.35 bits per heavy atom. The number of aromatic amines is 1. The van der Waals surface area contributed by atoms with Crippen LogP contribution in [-0.2, 0) is 0 Å². The Morgan fingerprint density at radius 3 is 3.10 bits per heavy atom. The van der Waals surface area contributed by atoms with Gasteiger partial charge in [0.05, 0.1) is 11.9 Å². The minimum atomic E-state index is -0.262. The van der Waals surface area contributed by atoms with Crippen molar-refractivity contribution in [2.75, 3.05) is 5.32 Å². The van der Waals surface area contributed by atoms with Gasteiger partial charge >= 0.3 is 0 Å². The summed E-state index contributed by atoms with van der Waals surface area (Å²) in [5.74, 6) is -0.262. The quantitative estimate of drug-likeness (QED) is 0.774. The Bertz CT molecular complexity index is 735. The number of H-pyrrole nitrogens is 1. The number of hydrogen-bond acceptors (Lipinski definition) is 5. The molecule has 1 amide bonds. The largest absolute Gasteiger partial charge is 0.318 e. The minimum Gasteiger partial charge on any atom is -0.318 e. The molecule has 0 aromatic carbocycles. The molecular weight excluding hydrogens is 274 g/mol. The molecule has 3 heterocycles. The fourth-order valence-corrected chi connectivity index (χ4v) is 2.57. The number of nitrogens with one attached hydrogen (secondary N) is 2. The van der Waals surface area contributed by atoms with Gasteiger partial charge in [0.1, 0.15) is 16.4 Å². The average molecular weight is 285 g/mol. The van der Waals surface area contributed by atoms with E-state index >= 15 is 0 Å². The van der Waals surface area contributed by atoms with Crippen LogP contribution in [0.5, 0.6) is 0 Å². The Balaban J connectivity index is 1.83. The summed E-state index contributed by atoms with van der Waals surface area (Å²) in [5, 5.41) is 11.6. The lowest BCUT2D eigenvalue weighted by Crippen LogP contribution is -2.11. The van der Waals surface area contributed by atoms with E-state index in [1.54, 1.807) is 17.8 Å². The predicted octanol–water partition coefficient (Wildman–Crippen LogP) is 2.49. The van der Waals surface area contributed by atoms with E-state index in [4.69, 9.17) is 0 Å². The number of carbonyl (C=O) groups is 1. The van der Waals surface area contributed by atoms with Gasteiger partial charge in [0.25, 0.3) is 5.91 Å². The zero-order chi connectivity index (χ0) is 13.9. The molecule has 0 saturated carbocycles. The van der Waals surface area contributed by atoms with Gasteiger partial charge in [-0.3, -0.25) is 14.9 Å². The summed E-state index contributed by atoms with van der Waals surface area (Å²) in [6.45, 7) is 1.97. The summed E-state index contributed by atoms with van der Waals surface area (Å²) in [5.41, 5.74) is 2.82. The number of anilines is 1. The molecule has 0 spiro atoms. The number of hydrogen-bond donors (Lipinski definition) is 2. The number of rotatable bonds is 3. The lowest BCUT2D eigenvalue weighted by atomic mass is 10.2. The van der Waals surface area contributed by atoms with Gasteiger partial charge in [-0.15, -0.1) is 11.3 Å². The highest BCUT2D eigenvalue weighted by Gasteiger charge is 2.14. The first-order valence-corrected chi connectivity index (χ1v) is 6.79. The van der Waals surface area contributed by atoms with Crippen LogP contribution < -0.4 is 5.32 Å². The number of aryl methyl sites for hydroxylation is 1. The summed E-state index contributed by atoms with van der Waals surface area (Å²) in [6, 6.07) is 3.84. The standard InChI is InChI=1S/C13H11N5OS/c1-8-3-2-4-14-11(8)13-18-10(7-20-13)12(19)17-9-5-15-16-6-9/h2-7H,1H3,(H,15,16)(H,17,19). The first-order chi connectivity index (χ1) is 9.74. The molecule has 20 heavy (non-hydrogen) atoms. The van der Waals surface area contributed by atoms with Gasteiger partial charge in [-0.1, -0.05) is 6.07 Å². The molecular formula is C13H11N5OS. The summed E-state index contributed by atoms with van der Waals surface area (Å²) in [4.78, 5) is 20.6. The Hall–Kier alpha value is -2.54. The average Bonchev–Trinajstić information content (AvgIpc) is 3.10. The first kappa shape index (κ1) is 12.5. The van der Waals surface area contributed by atoms with Crippen molar-refractivity contribution in [1.29, 1.82) is 0 Å². The van der Waals surface area contributed by atoms with Crippen LogP contribution in [0.25, 0.3) is 10.7 Å². The molecule has 6 nitrogen and oxygen atoms in total. The molecule has 0 aliphatic carbocycles. The molecule has 0 unspecified atom stereocenters. The number of nitrogens with zero attached hydrogens (tertiary/aromatic N) is 3. The first-order valence-electron chi connectivity index (χ1n) is 5.91. The van der Waals surface area contributed by atoms with Gasteiger partial charge in [-0.2, -0.15) is 5.10 Å². The number of pyridine rings is 1. The number of aromatic nitrogens is 4. The highest BCUT2D eigenvalue weighted by Crippen LogP contribution is 2.24. The van der Waals surface area contributed by atoms with E-state index in [1.807, 2.05) is 19.1 Å². The molecule has 3 rings (SSSR count). The van der Waals surface area contributed by atoms with E-state index < -0.39 is 0 Å². The number of thiazole rings is 1. The van der Waals surface area contributed by atoms with Gasteiger partial charge in [-0.05, 0) is 18.6 Å². The topological polar surface area (TPSA) is 83.6 Å². The summed E-state index contributed by atoms with van der Waals surface area (Å²) in [7, 11) is 0. The molecule has 3 aromatic heterocycles. The molecule has 7 heteroatoms. The molecule has 0 atom stereocenters. The van der Waals surface area contributed by atoms with Crippen LogP contribution in [0.3, 0.4) is 0 Å². The summed E-state index contributed by atoms with van der Waals surface area (Å²) < 4.78 is 0. The van der Waals surface area contributed by atoms with Crippen molar-refractivity contribution in [3.05, 3.63) is 47.4 Å². The summed E-state index contributed by atoms with van der Waals surface area (Å²) >= 11 is 1.40. The lowest BCUT2D eigenvalue weighted by molar-refractivity contribution is 0.102. The summed E-state index contributed by atoms with van der Waals surface area (Å²) in [6.07, 6.45) is 4.86. The van der Waals surface area contributed by atoms with Crippen LogP contribution in [0.1, 0.15) is 16.1 Å². The van der Waals surface area contributed by atoms with Crippen molar-refractivity contribution in [3.63, 3.8) is 0 Å². The Morgan fingerprint density at radius 1 is 1.45 bits per heavy atom. The molecule has 0 saturated heterocycles. The Labute approximate surface area is 118 Å². The monoisotopic (exact) mass is 285 g/mol. The molecule has 0 aliphatic rings. The van der Waals surface area contributed by atoms with Crippen LogP contribution in [0, 0.1) is 6.92 Å². The van der Waals surface area contributed by atoms with Crippen molar-refractivity contribution in [2.24, 2.45) is 0 Å². The molecule has 0 aliphatic heterocycles. The van der Waals surface area contributed by atoms with Crippen LogP contribution >= 0.6 is 11.3 Å². The maximum Gasteiger partial charge on any atom is 0.275 e. The van der Waals surface area contributed by atoms with E-state index in [1.165, 1.54) is 17.5 Å². The molecule has 0 bridgehead atoms. The molecule has 2 N–H and O–H groups in total. The Kier molecular flexibility index (Phi) is 3.26. The second-order valence-electron chi connectivity index (χ2n) is 4.15. The van der Waals surface area contributed by atoms with E-state index in [-0.39, 0.29) is 5.91 Å².